The van der Waals surface area contributed by atoms with Gasteiger partial charge < -0.3 is 15.8 Å². The summed E-state index contributed by atoms with van der Waals surface area (Å²) in [5.41, 5.74) is 5.72. The number of halogens is 1. The summed E-state index contributed by atoms with van der Waals surface area (Å²) in [5, 5.41) is 2.99. The van der Waals surface area contributed by atoms with Crippen LogP contribution in [0.25, 0.3) is 0 Å². The minimum absolute atomic E-state index is 0.0622. The molecule has 1 unspecified atom stereocenters. The van der Waals surface area contributed by atoms with Crippen molar-refractivity contribution in [2.24, 2.45) is 17.6 Å². The standard InChI is InChI=1S/C16H23BrN2O2/c1-11(21-14-7-5-13(17)6-8-14)10-19-16(20)15-4-2-3-12(15)9-18/h5-8,11-12,15H,2-4,9-10,18H2,1H3,(H,19,20)/t11?,12-,15-/m1/s1. The molecule has 0 aromatic heterocycles. The number of hydrogen-bond acceptors (Lipinski definition) is 3. The molecule has 5 heteroatoms. The maximum atomic E-state index is 12.2. The summed E-state index contributed by atoms with van der Waals surface area (Å²) in [7, 11) is 0. The molecule has 116 valence electrons. The van der Waals surface area contributed by atoms with Gasteiger partial charge in [0.1, 0.15) is 11.9 Å². The van der Waals surface area contributed by atoms with E-state index in [1.165, 1.54) is 0 Å². The van der Waals surface area contributed by atoms with Crippen LogP contribution in [-0.2, 0) is 4.79 Å². The van der Waals surface area contributed by atoms with E-state index in [2.05, 4.69) is 21.2 Å². The summed E-state index contributed by atoms with van der Waals surface area (Å²) < 4.78 is 6.79. The van der Waals surface area contributed by atoms with Crippen LogP contribution in [0.1, 0.15) is 26.2 Å². The third-order valence-electron chi connectivity index (χ3n) is 4.01. The van der Waals surface area contributed by atoms with Crippen LogP contribution in [0.15, 0.2) is 28.7 Å². The largest absolute Gasteiger partial charge is 0.489 e. The molecule has 3 N–H and O–H groups in total. The number of ether oxygens (including phenoxy) is 1. The lowest BCUT2D eigenvalue weighted by Crippen LogP contribution is -2.39. The molecule has 1 aliphatic carbocycles. The van der Waals surface area contributed by atoms with E-state index in [0.29, 0.717) is 19.0 Å². The predicted octanol–water partition coefficient (Wildman–Crippen LogP) is 2.71. The van der Waals surface area contributed by atoms with Gasteiger partial charge in [-0.05, 0) is 56.5 Å². The Morgan fingerprint density at radius 3 is 2.81 bits per heavy atom. The van der Waals surface area contributed by atoms with Crippen molar-refractivity contribution in [1.29, 1.82) is 0 Å². The first-order chi connectivity index (χ1) is 10.1. The van der Waals surface area contributed by atoms with Gasteiger partial charge in [0, 0.05) is 10.4 Å². The first-order valence-electron chi connectivity index (χ1n) is 7.50. The molecule has 1 aliphatic rings. The van der Waals surface area contributed by atoms with Crippen molar-refractivity contribution in [2.45, 2.75) is 32.3 Å². The van der Waals surface area contributed by atoms with Gasteiger partial charge in [-0.15, -0.1) is 0 Å². The summed E-state index contributed by atoms with van der Waals surface area (Å²) in [6, 6.07) is 7.68. The molecule has 0 aliphatic heterocycles. The molecule has 0 saturated heterocycles. The van der Waals surface area contributed by atoms with Gasteiger partial charge in [0.2, 0.25) is 5.91 Å². The number of hydrogen-bond donors (Lipinski definition) is 2. The van der Waals surface area contributed by atoms with Gasteiger partial charge in [-0.3, -0.25) is 4.79 Å². The fourth-order valence-electron chi connectivity index (χ4n) is 2.83. The van der Waals surface area contributed by atoms with Crippen molar-refractivity contribution in [2.75, 3.05) is 13.1 Å². The minimum Gasteiger partial charge on any atom is -0.489 e. The maximum absolute atomic E-state index is 12.2. The lowest BCUT2D eigenvalue weighted by Gasteiger charge is -2.20. The lowest BCUT2D eigenvalue weighted by molar-refractivity contribution is -0.126. The van der Waals surface area contributed by atoms with Crippen molar-refractivity contribution in [3.63, 3.8) is 0 Å². The van der Waals surface area contributed by atoms with Crippen LogP contribution < -0.4 is 15.8 Å². The third kappa shape index (κ3) is 4.71. The Labute approximate surface area is 134 Å². The molecule has 2 rings (SSSR count). The van der Waals surface area contributed by atoms with E-state index >= 15 is 0 Å². The highest BCUT2D eigenvalue weighted by molar-refractivity contribution is 9.10. The molecule has 0 heterocycles. The van der Waals surface area contributed by atoms with E-state index in [1.807, 2.05) is 31.2 Å². The van der Waals surface area contributed by atoms with Crippen LogP contribution in [0.2, 0.25) is 0 Å². The van der Waals surface area contributed by atoms with E-state index < -0.39 is 0 Å². The zero-order valence-corrected chi connectivity index (χ0v) is 13.9. The van der Waals surface area contributed by atoms with Crippen LogP contribution >= 0.6 is 15.9 Å². The average molecular weight is 355 g/mol. The lowest BCUT2D eigenvalue weighted by atomic mass is 9.95. The normalized spacial score (nSPS) is 22.8. The van der Waals surface area contributed by atoms with E-state index in [-0.39, 0.29) is 17.9 Å². The monoisotopic (exact) mass is 354 g/mol. The SMILES string of the molecule is CC(CNC(=O)[C@@H]1CCC[C@@H]1CN)Oc1ccc(Br)cc1. The Morgan fingerprint density at radius 1 is 1.43 bits per heavy atom. The minimum atomic E-state index is -0.0622. The van der Waals surface area contributed by atoms with E-state index in [4.69, 9.17) is 10.5 Å². The molecule has 0 bridgehead atoms. The second kappa shape index (κ2) is 7.80. The molecule has 1 aromatic rings. The summed E-state index contributed by atoms with van der Waals surface area (Å²) >= 11 is 3.39. The first kappa shape index (κ1) is 16.3. The molecular weight excluding hydrogens is 332 g/mol. The van der Waals surface area contributed by atoms with Gasteiger partial charge in [0.15, 0.2) is 0 Å². The number of carbonyl (C=O) groups is 1. The Bertz CT molecular complexity index is 464. The molecule has 0 radical (unpaired) electrons. The number of nitrogens with one attached hydrogen (secondary N) is 1. The zero-order chi connectivity index (χ0) is 15.2. The Kier molecular flexibility index (Phi) is 6.06. The van der Waals surface area contributed by atoms with E-state index in [0.717, 1.165) is 29.5 Å². The molecule has 21 heavy (non-hydrogen) atoms. The topological polar surface area (TPSA) is 64.4 Å². The highest BCUT2D eigenvalue weighted by atomic mass is 79.9. The predicted molar refractivity (Wildman–Crippen MR) is 87.1 cm³/mol. The zero-order valence-electron chi connectivity index (χ0n) is 12.3. The van der Waals surface area contributed by atoms with Crippen molar-refractivity contribution in [1.82, 2.24) is 5.32 Å². The van der Waals surface area contributed by atoms with Crippen LogP contribution in [0.4, 0.5) is 0 Å². The van der Waals surface area contributed by atoms with E-state index in [9.17, 15) is 4.79 Å². The molecule has 1 saturated carbocycles. The molecule has 4 nitrogen and oxygen atoms in total. The van der Waals surface area contributed by atoms with Gasteiger partial charge in [0.05, 0.1) is 6.54 Å². The quantitative estimate of drug-likeness (QED) is 0.825. The second-order valence-electron chi connectivity index (χ2n) is 5.66. The van der Waals surface area contributed by atoms with Gasteiger partial charge in [-0.1, -0.05) is 22.4 Å². The number of amides is 1. The molecule has 0 spiro atoms. The van der Waals surface area contributed by atoms with Gasteiger partial charge in [0.25, 0.3) is 0 Å². The smallest absolute Gasteiger partial charge is 0.223 e. The fourth-order valence-corrected chi connectivity index (χ4v) is 3.09. The number of nitrogens with two attached hydrogens (primary N) is 1. The van der Waals surface area contributed by atoms with Gasteiger partial charge in [-0.2, -0.15) is 0 Å². The summed E-state index contributed by atoms with van der Waals surface area (Å²) in [5.74, 6) is 1.34. The van der Waals surface area contributed by atoms with E-state index in [1.54, 1.807) is 0 Å². The van der Waals surface area contributed by atoms with Crippen LogP contribution in [-0.4, -0.2) is 25.1 Å². The van der Waals surface area contributed by atoms with Crippen LogP contribution in [0.3, 0.4) is 0 Å². The Hall–Kier alpha value is -1.07. The summed E-state index contributed by atoms with van der Waals surface area (Å²) in [4.78, 5) is 12.2. The molecule has 3 atom stereocenters. The highest BCUT2D eigenvalue weighted by Gasteiger charge is 2.31. The Morgan fingerprint density at radius 2 is 2.14 bits per heavy atom. The summed E-state index contributed by atoms with van der Waals surface area (Å²) in [6.45, 7) is 3.07. The number of carbonyl (C=O) groups excluding carboxylic acids is 1. The van der Waals surface area contributed by atoms with Crippen LogP contribution in [0, 0.1) is 11.8 Å². The third-order valence-corrected chi connectivity index (χ3v) is 4.54. The van der Waals surface area contributed by atoms with Crippen LogP contribution in [0.5, 0.6) is 5.75 Å². The van der Waals surface area contributed by atoms with Crippen molar-refractivity contribution in [3.05, 3.63) is 28.7 Å². The highest BCUT2D eigenvalue weighted by Crippen LogP contribution is 2.30. The van der Waals surface area contributed by atoms with Crippen molar-refractivity contribution in [3.8, 4) is 5.75 Å². The fraction of sp³-hybridized carbons (Fsp3) is 0.562. The van der Waals surface area contributed by atoms with Crippen molar-refractivity contribution < 1.29 is 9.53 Å². The molecule has 1 amide bonds. The number of rotatable bonds is 6. The maximum Gasteiger partial charge on any atom is 0.223 e. The second-order valence-corrected chi connectivity index (χ2v) is 6.58. The molecule has 1 fully saturated rings. The number of benzene rings is 1. The molecule has 1 aromatic carbocycles. The first-order valence-corrected chi connectivity index (χ1v) is 8.29. The van der Waals surface area contributed by atoms with Gasteiger partial charge >= 0.3 is 0 Å². The average Bonchev–Trinajstić information content (AvgIpc) is 2.96. The Balaban J connectivity index is 1.77. The molecular formula is C16H23BrN2O2. The van der Waals surface area contributed by atoms with Crippen molar-refractivity contribution >= 4 is 21.8 Å². The van der Waals surface area contributed by atoms with Gasteiger partial charge in [-0.25, -0.2) is 0 Å². The summed E-state index contributed by atoms with van der Waals surface area (Å²) in [6.07, 6.45) is 3.06.